The van der Waals surface area contributed by atoms with Crippen molar-refractivity contribution in [2.45, 2.75) is 25.3 Å². The topological polar surface area (TPSA) is 46.9 Å². The SMILES string of the molecule is O=C(Cc1ccc(-n2cccn2)cc1)N[C@H](c1ccccc1)C1CC1. The predicted octanol–water partition coefficient (Wildman–Crippen LogP) is 3.68. The summed E-state index contributed by atoms with van der Waals surface area (Å²) < 4.78 is 1.81. The lowest BCUT2D eigenvalue weighted by molar-refractivity contribution is -0.121. The highest BCUT2D eigenvalue weighted by molar-refractivity contribution is 5.79. The molecule has 1 atom stereocenters. The third-order valence-corrected chi connectivity index (χ3v) is 4.64. The number of nitrogens with zero attached hydrogens (tertiary/aromatic N) is 2. The van der Waals surface area contributed by atoms with E-state index < -0.39 is 0 Å². The molecule has 4 nitrogen and oxygen atoms in total. The summed E-state index contributed by atoms with van der Waals surface area (Å²) in [6.45, 7) is 0. The zero-order chi connectivity index (χ0) is 17.1. The average Bonchev–Trinajstić information content (AvgIpc) is 3.34. The Morgan fingerprint density at radius 2 is 1.84 bits per heavy atom. The second-order valence-corrected chi connectivity index (χ2v) is 6.59. The molecule has 1 amide bonds. The Morgan fingerprint density at radius 3 is 2.48 bits per heavy atom. The molecule has 0 saturated heterocycles. The Labute approximate surface area is 147 Å². The van der Waals surface area contributed by atoms with Crippen molar-refractivity contribution in [1.29, 1.82) is 0 Å². The van der Waals surface area contributed by atoms with Gasteiger partial charge in [-0.15, -0.1) is 0 Å². The third-order valence-electron chi connectivity index (χ3n) is 4.64. The maximum absolute atomic E-state index is 12.5. The number of rotatable bonds is 6. The Bertz CT molecular complexity index is 821. The molecule has 3 aromatic rings. The summed E-state index contributed by atoms with van der Waals surface area (Å²) >= 11 is 0. The molecule has 1 fully saturated rings. The Balaban J connectivity index is 1.41. The fraction of sp³-hybridized carbons (Fsp3) is 0.238. The number of nitrogens with one attached hydrogen (secondary N) is 1. The summed E-state index contributed by atoms with van der Waals surface area (Å²) in [7, 11) is 0. The van der Waals surface area contributed by atoms with Crippen molar-refractivity contribution in [3.05, 3.63) is 84.2 Å². The number of benzene rings is 2. The molecular formula is C21H21N3O. The van der Waals surface area contributed by atoms with Gasteiger partial charge in [0, 0.05) is 12.4 Å². The number of carbonyl (C=O) groups excluding carboxylic acids is 1. The van der Waals surface area contributed by atoms with Crippen molar-refractivity contribution in [1.82, 2.24) is 15.1 Å². The van der Waals surface area contributed by atoms with Gasteiger partial charge in [-0.1, -0.05) is 42.5 Å². The van der Waals surface area contributed by atoms with E-state index >= 15 is 0 Å². The molecular weight excluding hydrogens is 310 g/mol. The van der Waals surface area contributed by atoms with Crippen LogP contribution in [-0.2, 0) is 11.2 Å². The number of hydrogen-bond donors (Lipinski definition) is 1. The molecule has 25 heavy (non-hydrogen) atoms. The normalized spacial score (nSPS) is 14.9. The van der Waals surface area contributed by atoms with Gasteiger partial charge in [0.1, 0.15) is 0 Å². The first kappa shape index (κ1) is 15.6. The molecule has 0 aliphatic heterocycles. The molecule has 1 aliphatic rings. The van der Waals surface area contributed by atoms with Crippen LogP contribution in [0.15, 0.2) is 73.1 Å². The summed E-state index contributed by atoms with van der Waals surface area (Å²) in [4.78, 5) is 12.5. The van der Waals surface area contributed by atoms with Crippen molar-refractivity contribution in [3.8, 4) is 5.69 Å². The molecule has 4 rings (SSSR count). The van der Waals surface area contributed by atoms with Gasteiger partial charge in [0.25, 0.3) is 0 Å². The standard InChI is InChI=1S/C21H21N3O/c25-20(23-21(18-9-10-18)17-5-2-1-3-6-17)15-16-7-11-19(12-8-16)24-14-4-13-22-24/h1-8,11-14,18,21H,9-10,15H2,(H,23,25)/t21-/m1/s1. The van der Waals surface area contributed by atoms with Crippen LogP contribution in [0.3, 0.4) is 0 Å². The summed E-state index contributed by atoms with van der Waals surface area (Å²) in [5.74, 6) is 0.654. The molecule has 126 valence electrons. The first-order chi connectivity index (χ1) is 12.3. The van der Waals surface area contributed by atoms with E-state index in [1.54, 1.807) is 6.20 Å². The molecule has 0 radical (unpaired) electrons. The van der Waals surface area contributed by atoms with Crippen LogP contribution in [-0.4, -0.2) is 15.7 Å². The van der Waals surface area contributed by atoms with Crippen LogP contribution in [0.25, 0.3) is 5.69 Å². The molecule has 0 bridgehead atoms. The molecule has 1 aliphatic carbocycles. The number of carbonyl (C=O) groups is 1. The highest BCUT2D eigenvalue weighted by Crippen LogP contribution is 2.40. The molecule has 0 unspecified atom stereocenters. The van der Waals surface area contributed by atoms with Crippen LogP contribution in [0.4, 0.5) is 0 Å². The maximum atomic E-state index is 12.5. The van der Waals surface area contributed by atoms with Crippen molar-refractivity contribution in [2.24, 2.45) is 5.92 Å². The van der Waals surface area contributed by atoms with Crippen LogP contribution in [0.1, 0.15) is 30.0 Å². The molecule has 1 heterocycles. The Hall–Kier alpha value is -2.88. The quantitative estimate of drug-likeness (QED) is 0.749. The summed E-state index contributed by atoms with van der Waals surface area (Å²) in [5.41, 5.74) is 3.21. The van der Waals surface area contributed by atoms with Gasteiger partial charge in [-0.25, -0.2) is 4.68 Å². The Morgan fingerprint density at radius 1 is 1.08 bits per heavy atom. The minimum absolute atomic E-state index is 0.0765. The lowest BCUT2D eigenvalue weighted by Gasteiger charge is -2.19. The lowest BCUT2D eigenvalue weighted by atomic mass is 10.0. The van der Waals surface area contributed by atoms with Crippen molar-refractivity contribution in [2.75, 3.05) is 0 Å². The van der Waals surface area contributed by atoms with Gasteiger partial charge in [-0.05, 0) is 48.1 Å². The van der Waals surface area contributed by atoms with Crippen LogP contribution in [0.5, 0.6) is 0 Å². The average molecular weight is 331 g/mol. The highest BCUT2D eigenvalue weighted by atomic mass is 16.1. The van der Waals surface area contributed by atoms with E-state index in [-0.39, 0.29) is 11.9 Å². The second-order valence-electron chi connectivity index (χ2n) is 6.59. The summed E-state index contributed by atoms with van der Waals surface area (Å²) in [6.07, 6.45) is 6.44. The minimum Gasteiger partial charge on any atom is -0.349 e. The van der Waals surface area contributed by atoms with E-state index in [9.17, 15) is 4.79 Å². The number of hydrogen-bond acceptors (Lipinski definition) is 2. The van der Waals surface area contributed by atoms with Crippen LogP contribution >= 0.6 is 0 Å². The monoisotopic (exact) mass is 331 g/mol. The van der Waals surface area contributed by atoms with E-state index in [0.717, 1.165) is 11.3 Å². The summed E-state index contributed by atoms with van der Waals surface area (Å²) in [6, 6.07) is 20.3. The smallest absolute Gasteiger partial charge is 0.224 e. The zero-order valence-electron chi connectivity index (χ0n) is 14.0. The zero-order valence-corrected chi connectivity index (χ0v) is 14.0. The predicted molar refractivity (Wildman–Crippen MR) is 97.3 cm³/mol. The Kier molecular flexibility index (Phi) is 4.34. The lowest BCUT2D eigenvalue weighted by Crippen LogP contribution is -2.31. The minimum atomic E-state index is 0.0765. The van der Waals surface area contributed by atoms with E-state index in [1.807, 2.05) is 59.4 Å². The van der Waals surface area contributed by atoms with Crippen molar-refractivity contribution >= 4 is 5.91 Å². The van der Waals surface area contributed by atoms with Crippen LogP contribution in [0, 0.1) is 5.92 Å². The largest absolute Gasteiger partial charge is 0.349 e. The van der Waals surface area contributed by atoms with Crippen molar-refractivity contribution in [3.63, 3.8) is 0 Å². The van der Waals surface area contributed by atoms with E-state index in [2.05, 4.69) is 22.5 Å². The molecule has 0 spiro atoms. The number of aromatic nitrogens is 2. The van der Waals surface area contributed by atoms with Gasteiger partial charge in [-0.3, -0.25) is 4.79 Å². The molecule has 4 heteroatoms. The molecule has 1 saturated carbocycles. The van der Waals surface area contributed by atoms with E-state index in [0.29, 0.717) is 12.3 Å². The first-order valence-electron chi connectivity index (χ1n) is 8.73. The van der Waals surface area contributed by atoms with Gasteiger partial charge in [0.05, 0.1) is 18.2 Å². The van der Waals surface area contributed by atoms with Crippen LogP contribution < -0.4 is 5.32 Å². The second kappa shape index (κ2) is 6.93. The fourth-order valence-corrected chi connectivity index (χ4v) is 3.16. The molecule has 1 aromatic heterocycles. The van der Waals surface area contributed by atoms with Gasteiger partial charge in [0.15, 0.2) is 0 Å². The maximum Gasteiger partial charge on any atom is 0.224 e. The first-order valence-corrected chi connectivity index (χ1v) is 8.73. The molecule has 1 N–H and O–H groups in total. The van der Waals surface area contributed by atoms with Gasteiger partial charge in [0.2, 0.25) is 5.91 Å². The van der Waals surface area contributed by atoms with Gasteiger partial charge >= 0.3 is 0 Å². The molecule has 2 aromatic carbocycles. The van der Waals surface area contributed by atoms with Gasteiger partial charge in [-0.2, -0.15) is 5.10 Å². The fourth-order valence-electron chi connectivity index (χ4n) is 3.16. The number of amides is 1. The van der Waals surface area contributed by atoms with Gasteiger partial charge < -0.3 is 5.32 Å². The third kappa shape index (κ3) is 3.79. The highest BCUT2D eigenvalue weighted by Gasteiger charge is 2.33. The van der Waals surface area contributed by atoms with E-state index in [4.69, 9.17) is 0 Å². The van der Waals surface area contributed by atoms with Crippen LogP contribution in [0.2, 0.25) is 0 Å². The van der Waals surface area contributed by atoms with Crippen molar-refractivity contribution < 1.29 is 4.79 Å². The van der Waals surface area contributed by atoms with E-state index in [1.165, 1.54) is 18.4 Å². The summed E-state index contributed by atoms with van der Waals surface area (Å²) in [5, 5.41) is 7.44.